The number of hydrogen-bond donors (Lipinski definition) is 2. The van der Waals surface area contributed by atoms with Gasteiger partial charge in [-0.05, 0) is 17.3 Å². The molecular weight excluding hydrogens is 454 g/mol. The van der Waals surface area contributed by atoms with Gasteiger partial charge in [0.15, 0.2) is 18.3 Å². The Morgan fingerprint density at radius 2 is 1.53 bits per heavy atom. The molecular formula is C21H25N3O10. The lowest BCUT2D eigenvalue weighted by Crippen LogP contribution is -2.64. The first-order chi connectivity index (χ1) is 16.1. The van der Waals surface area contributed by atoms with Crippen LogP contribution in [-0.2, 0) is 43.0 Å². The van der Waals surface area contributed by atoms with Gasteiger partial charge in [-0.1, -0.05) is 18.2 Å². The summed E-state index contributed by atoms with van der Waals surface area (Å²) in [7, 11) is 0. The van der Waals surface area contributed by atoms with E-state index in [1.807, 2.05) is 0 Å². The number of nitrogens with zero attached hydrogens (tertiary/aromatic N) is 1. The van der Waals surface area contributed by atoms with Gasteiger partial charge in [-0.15, -0.1) is 0 Å². The highest BCUT2D eigenvalue weighted by atomic mass is 16.7. The molecule has 13 heteroatoms. The Kier molecular flexibility index (Phi) is 9.35. The number of nitrogens with one attached hydrogen (secondary N) is 2. The fourth-order valence-electron chi connectivity index (χ4n) is 3.02. The molecule has 0 spiro atoms. The first-order valence-corrected chi connectivity index (χ1v) is 10.1. The van der Waals surface area contributed by atoms with Crippen LogP contribution < -0.4 is 10.6 Å². The number of hydrogen-bond acceptors (Lipinski definition) is 11. The summed E-state index contributed by atoms with van der Waals surface area (Å²) in [4.78, 5) is 63.6. The van der Waals surface area contributed by atoms with Crippen molar-refractivity contribution in [1.82, 2.24) is 5.32 Å². The molecule has 2 rings (SSSR count). The Labute approximate surface area is 194 Å². The minimum absolute atomic E-state index is 0.384. The van der Waals surface area contributed by atoms with Crippen molar-refractivity contribution < 1.29 is 47.8 Å². The average molecular weight is 479 g/mol. The SMILES string of the molecule is CC(=O)N[C@H]1C(=NOC(=O)Nc2ccccc2)O[C@H](COC(C)=O)[C@H](OC(C)=O)[C@@H]1OC(C)=O. The van der Waals surface area contributed by atoms with Gasteiger partial charge < -0.3 is 24.3 Å². The number of anilines is 1. The number of carbonyl (C=O) groups excluding carboxylic acids is 5. The van der Waals surface area contributed by atoms with Gasteiger partial charge in [0.2, 0.25) is 5.91 Å². The van der Waals surface area contributed by atoms with E-state index in [4.69, 9.17) is 23.8 Å². The molecule has 0 unspecified atom stereocenters. The summed E-state index contributed by atoms with van der Waals surface area (Å²) < 4.78 is 21.2. The summed E-state index contributed by atoms with van der Waals surface area (Å²) in [5.74, 6) is -3.14. The van der Waals surface area contributed by atoms with Crippen molar-refractivity contribution in [3.05, 3.63) is 30.3 Å². The maximum atomic E-state index is 12.1. The Morgan fingerprint density at radius 1 is 0.912 bits per heavy atom. The Balaban J connectivity index is 2.37. The second-order valence-corrected chi connectivity index (χ2v) is 7.08. The molecule has 13 nitrogen and oxygen atoms in total. The highest BCUT2D eigenvalue weighted by molar-refractivity contribution is 5.90. The molecule has 1 aliphatic rings. The fourth-order valence-corrected chi connectivity index (χ4v) is 3.02. The molecule has 0 saturated carbocycles. The number of benzene rings is 1. The van der Waals surface area contributed by atoms with E-state index in [2.05, 4.69) is 15.8 Å². The van der Waals surface area contributed by atoms with Crippen LogP contribution in [0.3, 0.4) is 0 Å². The van der Waals surface area contributed by atoms with Crippen molar-refractivity contribution >= 4 is 41.5 Å². The van der Waals surface area contributed by atoms with Crippen LogP contribution in [0.1, 0.15) is 27.7 Å². The monoisotopic (exact) mass is 479 g/mol. The Bertz CT molecular complexity index is 949. The third-order valence-corrected chi connectivity index (χ3v) is 4.21. The highest BCUT2D eigenvalue weighted by Crippen LogP contribution is 2.25. The molecule has 4 atom stereocenters. The van der Waals surface area contributed by atoms with Crippen LogP contribution in [0.2, 0.25) is 0 Å². The molecule has 1 fully saturated rings. The van der Waals surface area contributed by atoms with Crippen LogP contribution in [-0.4, -0.2) is 66.8 Å². The van der Waals surface area contributed by atoms with Gasteiger partial charge in [0.25, 0.3) is 5.90 Å². The van der Waals surface area contributed by atoms with Crippen molar-refractivity contribution in [1.29, 1.82) is 0 Å². The van der Waals surface area contributed by atoms with Gasteiger partial charge in [-0.2, -0.15) is 0 Å². The smallest absolute Gasteiger partial charge is 0.437 e. The fraction of sp³-hybridized carbons (Fsp3) is 0.429. The molecule has 184 valence electrons. The van der Waals surface area contributed by atoms with Gasteiger partial charge in [-0.25, -0.2) is 4.79 Å². The van der Waals surface area contributed by atoms with E-state index in [1.54, 1.807) is 30.3 Å². The van der Waals surface area contributed by atoms with E-state index in [1.165, 1.54) is 6.92 Å². The predicted molar refractivity (Wildman–Crippen MR) is 114 cm³/mol. The number of esters is 3. The van der Waals surface area contributed by atoms with Crippen LogP contribution in [0.15, 0.2) is 35.5 Å². The molecule has 2 amide bonds. The number of rotatable bonds is 7. The highest BCUT2D eigenvalue weighted by Gasteiger charge is 2.50. The zero-order chi connectivity index (χ0) is 25.3. The minimum atomic E-state index is -1.35. The van der Waals surface area contributed by atoms with Crippen molar-refractivity contribution in [3.8, 4) is 0 Å². The number of oxime groups is 1. The molecule has 34 heavy (non-hydrogen) atoms. The van der Waals surface area contributed by atoms with E-state index in [-0.39, 0.29) is 5.90 Å². The van der Waals surface area contributed by atoms with Crippen LogP contribution in [0.5, 0.6) is 0 Å². The second-order valence-electron chi connectivity index (χ2n) is 7.08. The van der Waals surface area contributed by atoms with Gasteiger partial charge in [-0.3, -0.25) is 29.3 Å². The van der Waals surface area contributed by atoms with Crippen LogP contribution in [0, 0.1) is 0 Å². The molecule has 1 aromatic carbocycles. The maximum absolute atomic E-state index is 12.1. The Hall–Kier alpha value is -4.16. The summed E-state index contributed by atoms with van der Waals surface area (Å²) in [5, 5.41) is 8.56. The molecule has 0 bridgehead atoms. The molecule has 1 heterocycles. The van der Waals surface area contributed by atoms with Crippen LogP contribution >= 0.6 is 0 Å². The quantitative estimate of drug-likeness (QED) is 0.248. The van der Waals surface area contributed by atoms with Crippen LogP contribution in [0.25, 0.3) is 0 Å². The minimum Gasteiger partial charge on any atom is -0.466 e. The van der Waals surface area contributed by atoms with Gasteiger partial charge in [0.05, 0.1) is 0 Å². The molecule has 1 aromatic rings. The van der Waals surface area contributed by atoms with Gasteiger partial charge >= 0.3 is 24.0 Å². The van der Waals surface area contributed by atoms with Crippen molar-refractivity contribution in [3.63, 3.8) is 0 Å². The number of amides is 2. The first-order valence-electron chi connectivity index (χ1n) is 10.1. The van der Waals surface area contributed by atoms with Gasteiger partial charge in [0.1, 0.15) is 12.6 Å². The molecule has 1 saturated heterocycles. The Morgan fingerprint density at radius 3 is 2.09 bits per heavy atom. The van der Waals surface area contributed by atoms with E-state index in [0.29, 0.717) is 5.69 Å². The molecule has 0 radical (unpaired) electrons. The standard InChI is InChI=1S/C21H25N3O10/c1-11(25)22-17-19(32-14(4)28)18(31-13(3)27)16(10-30-12(2)26)33-20(17)24-34-21(29)23-15-8-6-5-7-9-15/h5-9,16-19H,10H2,1-4H3,(H,22,25)(H,23,29)/t16-,17-,18+,19-/m1/s1. The summed E-state index contributed by atoms with van der Waals surface area (Å²) in [5.41, 5.74) is 0.427. The zero-order valence-corrected chi connectivity index (χ0v) is 18.9. The number of ether oxygens (including phenoxy) is 4. The van der Waals surface area contributed by atoms with Gasteiger partial charge in [0, 0.05) is 33.4 Å². The lowest BCUT2D eigenvalue weighted by atomic mass is 9.96. The summed E-state index contributed by atoms with van der Waals surface area (Å²) in [6.07, 6.45) is -4.83. The second kappa shape index (κ2) is 12.2. The van der Waals surface area contributed by atoms with Crippen molar-refractivity contribution in [2.75, 3.05) is 11.9 Å². The lowest BCUT2D eigenvalue weighted by molar-refractivity contribution is -0.186. The summed E-state index contributed by atoms with van der Waals surface area (Å²) >= 11 is 0. The first kappa shape index (κ1) is 26.1. The zero-order valence-electron chi connectivity index (χ0n) is 18.9. The summed E-state index contributed by atoms with van der Waals surface area (Å²) in [6, 6.07) is 7.06. The topological polar surface area (TPSA) is 168 Å². The number of para-hydroxylation sites is 1. The molecule has 1 aliphatic heterocycles. The predicted octanol–water partition coefficient (Wildman–Crippen LogP) is 0.879. The largest absolute Gasteiger partial charge is 0.466 e. The third-order valence-electron chi connectivity index (χ3n) is 4.21. The van der Waals surface area contributed by atoms with Crippen LogP contribution in [0.4, 0.5) is 10.5 Å². The third kappa shape index (κ3) is 8.07. The average Bonchev–Trinajstić information content (AvgIpc) is 2.74. The maximum Gasteiger partial charge on any atom is 0.437 e. The van der Waals surface area contributed by atoms with E-state index < -0.39 is 60.9 Å². The van der Waals surface area contributed by atoms with Crippen molar-refractivity contribution in [2.45, 2.75) is 52.0 Å². The van der Waals surface area contributed by atoms with E-state index in [9.17, 15) is 24.0 Å². The normalized spacial score (nSPS) is 22.5. The molecule has 0 aliphatic carbocycles. The van der Waals surface area contributed by atoms with E-state index in [0.717, 1.165) is 20.8 Å². The molecule has 2 N–H and O–H groups in total. The lowest BCUT2D eigenvalue weighted by Gasteiger charge is -2.41. The van der Waals surface area contributed by atoms with Crippen molar-refractivity contribution in [2.24, 2.45) is 5.16 Å². The summed E-state index contributed by atoms with van der Waals surface area (Å²) in [6.45, 7) is 4.12. The van der Waals surface area contributed by atoms with E-state index >= 15 is 0 Å². The number of carbonyl (C=O) groups is 5. The molecule has 0 aromatic heterocycles.